The van der Waals surface area contributed by atoms with Gasteiger partial charge in [0.15, 0.2) is 0 Å². The maximum absolute atomic E-state index is 12.7. The maximum atomic E-state index is 12.7. The minimum atomic E-state index is -4.90. The number of hydrogen-bond acceptors (Lipinski definition) is 6. The number of carbonyl (C=O) groups is 1. The first kappa shape index (κ1) is 24.0. The minimum absolute atomic E-state index is 0.306. The van der Waals surface area contributed by atoms with Gasteiger partial charge in [0.2, 0.25) is 10.0 Å². The van der Waals surface area contributed by atoms with Crippen molar-refractivity contribution in [2.75, 3.05) is 14.2 Å². The molecule has 0 aliphatic carbocycles. The zero-order valence-electron chi connectivity index (χ0n) is 15.7. The van der Waals surface area contributed by atoms with Crippen molar-refractivity contribution in [2.45, 2.75) is 23.7 Å². The van der Waals surface area contributed by atoms with Crippen molar-refractivity contribution in [1.82, 2.24) is 4.72 Å². The van der Waals surface area contributed by atoms with Gasteiger partial charge in [0.25, 0.3) is 0 Å². The Morgan fingerprint density at radius 1 is 1.13 bits per heavy atom. The van der Waals surface area contributed by atoms with Crippen LogP contribution in [0, 0.1) is 0 Å². The monoisotopic (exact) mass is 511 g/mol. The van der Waals surface area contributed by atoms with E-state index in [0.717, 1.165) is 31.4 Å². The molecule has 2 aromatic rings. The van der Waals surface area contributed by atoms with Crippen LogP contribution in [0.2, 0.25) is 0 Å². The van der Waals surface area contributed by atoms with Gasteiger partial charge >= 0.3 is 12.3 Å². The van der Waals surface area contributed by atoms with E-state index >= 15 is 0 Å². The molecule has 0 unspecified atom stereocenters. The van der Waals surface area contributed by atoms with E-state index in [2.05, 4.69) is 30.1 Å². The van der Waals surface area contributed by atoms with E-state index in [1.165, 1.54) is 7.11 Å². The normalized spacial score (nSPS) is 12.9. The fourth-order valence-electron chi connectivity index (χ4n) is 2.45. The largest absolute Gasteiger partial charge is 0.573 e. The summed E-state index contributed by atoms with van der Waals surface area (Å²) in [7, 11) is -1.57. The van der Waals surface area contributed by atoms with Gasteiger partial charge in [-0.05, 0) is 57.9 Å². The van der Waals surface area contributed by atoms with Gasteiger partial charge in [-0.1, -0.05) is 6.07 Å². The molecular weight excluding hydrogens is 495 g/mol. The number of sulfonamides is 1. The lowest BCUT2D eigenvalue weighted by molar-refractivity contribution is -0.274. The van der Waals surface area contributed by atoms with Crippen molar-refractivity contribution in [1.29, 1.82) is 0 Å². The Kier molecular flexibility index (Phi) is 7.72. The van der Waals surface area contributed by atoms with E-state index in [1.807, 2.05) is 0 Å². The molecule has 0 aliphatic heterocycles. The summed E-state index contributed by atoms with van der Waals surface area (Å²) in [6.45, 7) is 0. The fraction of sp³-hybridized carbons (Fsp3) is 0.278. The van der Waals surface area contributed by atoms with Gasteiger partial charge in [-0.15, -0.1) is 13.2 Å². The van der Waals surface area contributed by atoms with E-state index in [-0.39, 0.29) is 11.3 Å². The summed E-state index contributed by atoms with van der Waals surface area (Å²) in [4.78, 5) is 11.5. The number of esters is 1. The predicted octanol–water partition coefficient (Wildman–Crippen LogP) is 3.94. The minimum Gasteiger partial charge on any atom is -0.496 e. The van der Waals surface area contributed by atoms with Crippen LogP contribution in [0.25, 0.3) is 0 Å². The van der Waals surface area contributed by atoms with E-state index < -0.39 is 34.1 Å². The molecule has 7 nitrogen and oxygen atoms in total. The van der Waals surface area contributed by atoms with Crippen molar-refractivity contribution in [2.24, 2.45) is 0 Å². The lowest BCUT2D eigenvalue weighted by atomic mass is 10.0. The fourth-order valence-corrected chi connectivity index (χ4v) is 4.24. The molecule has 0 radical (unpaired) electrons. The summed E-state index contributed by atoms with van der Waals surface area (Å²) in [6, 6.07) is 7.40. The first-order valence-corrected chi connectivity index (χ1v) is 10.5. The lowest BCUT2D eigenvalue weighted by Gasteiger charge is -2.19. The van der Waals surface area contributed by atoms with Gasteiger partial charge in [0.1, 0.15) is 11.5 Å². The third-order valence-electron chi connectivity index (χ3n) is 3.84. The highest BCUT2D eigenvalue weighted by atomic mass is 79.9. The summed E-state index contributed by atoms with van der Waals surface area (Å²) in [5.74, 6) is -0.728. The highest BCUT2D eigenvalue weighted by Gasteiger charge is 2.31. The average molecular weight is 512 g/mol. The highest BCUT2D eigenvalue weighted by Crippen LogP contribution is 2.30. The van der Waals surface area contributed by atoms with Gasteiger partial charge in [-0.25, -0.2) is 13.1 Å². The molecule has 2 aromatic carbocycles. The van der Waals surface area contributed by atoms with E-state index in [4.69, 9.17) is 4.74 Å². The Hall–Kier alpha value is -2.31. The van der Waals surface area contributed by atoms with E-state index in [0.29, 0.717) is 15.8 Å². The second-order valence-electron chi connectivity index (χ2n) is 5.87. The van der Waals surface area contributed by atoms with Crippen LogP contribution in [0.3, 0.4) is 0 Å². The Morgan fingerprint density at radius 3 is 2.27 bits per heavy atom. The molecular formula is C18H17BrF3NO6S. The zero-order valence-corrected chi connectivity index (χ0v) is 18.1. The van der Waals surface area contributed by atoms with Crippen molar-refractivity contribution in [3.8, 4) is 11.5 Å². The summed E-state index contributed by atoms with van der Waals surface area (Å²) in [5.41, 5.74) is 0.439. The molecule has 0 saturated carbocycles. The molecule has 2 rings (SSSR count). The Labute approximate surface area is 179 Å². The van der Waals surface area contributed by atoms with Crippen LogP contribution in [0.15, 0.2) is 51.8 Å². The van der Waals surface area contributed by atoms with Gasteiger partial charge in [-0.2, -0.15) is 0 Å². The smallest absolute Gasteiger partial charge is 0.496 e. The Bertz CT molecular complexity index is 996. The highest BCUT2D eigenvalue weighted by molar-refractivity contribution is 9.10. The van der Waals surface area contributed by atoms with Crippen LogP contribution in [-0.2, 0) is 19.6 Å². The number of alkyl halides is 3. The number of hydrogen-bond donors (Lipinski definition) is 1. The molecule has 164 valence electrons. The first-order valence-electron chi connectivity index (χ1n) is 8.23. The number of methoxy groups -OCH3 is 2. The van der Waals surface area contributed by atoms with Gasteiger partial charge in [0.05, 0.1) is 36.1 Å². The molecule has 1 N–H and O–H groups in total. The van der Waals surface area contributed by atoms with Crippen molar-refractivity contribution in [3.63, 3.8) is 0 Å². The standard InChI is InChI=1S/C18H17BrF3NO6S/c1-27-16-8-3-11(9-14(16)19)15(10-17(24)28-2)23-30(25,26)13-6-4-12(5-7-13)29-18(20,21)22/h3-9,15,23H,10H2,1-2H3/t15-/m0/s1. The predicted molar refractivity (Wildman–Crippen MR) is 104 cm³/mol. The van der Waals surface area contributed by atoms with E-state index in [1.54, 1.807) is 18.2 Å². The molecule has 0 saturated heterocycles. The second-order valence-corrected chi connectivity index (χ2v) is 8.44. The van der Waals surface area contributed by atoms with Gasteiger partial charge < -0.3 is 14.2 Å². The Balaban J connectivity index is 2.31. The summed E-state index contributed by atoms with van der Waals surface area (Å²) >= 11 is 3.29. The van der Waals surface area contributed by atoms with Crippen LogP contribution < -0.4 is 14.2 Å². The molecule has 12 heteroatoms. The van der Waals surface area contributed by atoms with Crippen LogP contribution in [0.5, 0.6) is 11.5 Å². The molecule has 0 fully saturated rings. The molecule has 0 aromatic heterocycles. The quantitative estimate of drug-likeness (QED) is 0.539. The van der Waals surface area contributed by atoms with E-state index in [9.17, 15) is 26.4 Å². The average Bonchev–Trinajstić information content (AvgIpc) is 2.66. The molecule has 0 spiro atoms. The Morgan fingerprint density at radius 2 is 1.77 bits per heavy atom. The molecule has 0 heterocycles. The second kappa shape index (κ2) is 9.67. The van der Waals surface area contributed by atoms with Crippen LogP contribution in [0.4, 0.5) is 13.2 Å². The van der Waals surface area contributed by atoms with Gasteiger partial charge in [0, 0.05) is 0 Å². The molecule has 0 amide bonds. The number of halogens is 4. The number of rotatable bonds is 8. The number of nitrogens with one attached hydrogen (secondary N) is 1. The molecule has 0 bridgehead atoms. The number of ether oxygens (including phenoxy) is 3. The topological polar surface area (TPSA) is 90.9 Å². The van der Waals surface area contributed by atoms with Crippen LogP contribution >= 0.6 is 15.9 Å². The van der Waals surface area contributed by atoms with Crippen LogP contribution in [0.1, 0.15) is 18.0 Å². The maximum Gasteiger partial charge on any atom is 0.573 e. The summed E-state index contributed by atoms with van der Waals surface area (Å²) in [5, 5.41) is 0. The third-order valence-corrected chi connectivity index (χ3v) is 5.95. The summed E-state index contributed by atoms with van der Waals surface area (Å²) < 4.78 is 78.6. The number of carbonyl (C=O) groups excluding carboxylic acids is 1. The van der Waals surface area contributed by atoms with Crippen LogP contribution in [-0.4, -0.2) is 35.0 Å². The molecule has 0 aliphatic rings. The molecule has 30 heavy (non-hydrogen) atoms. The van der Waals surface area contributed by atoms with Crippen molar-refractivity contribution >= 4 is 31.9 Å². The van der Waals surface area contributed by atoms with Crippen molar-refractivity contribution in [3.05, 3.63) is 52.5 Å². The number of benzene rings is 2. The summed E-state index contributed by atoms with van der Waals surface area (Å²) in [6.07, 6.45) is -5.21. The van der Waals surface area contributed by atoms with Crippen molar-refractivity contribution < 1.29 is 40.6 Å². The zero-order chi connectivity index (χ0) is 22.5. The van der Waals surface area contributed by atoms with Gasteiger partial charge in [-0.3, -0.25) is 4.79 Å². The third kappa shape index (κ3) is 6.61. The molecule has 1 atom stereocenters. The lowest BCUT2D eigenvalue weighted by Crippen LogP contribution is -2.30. The SMILES string of the molecule is COC(=O)C[C@H](NS(=O)(=O)c1ccc(OC(F)(F)F)cc1)c1ccc(OC)c(Br)c1. The first-order chi connectivity index (χ1) is 13.9.